The van der Waals surface area contributed by atoms with Gasteiger partial charge in [-0.3, -0.25) is 4.79 Å². The molecule has 0 fully saturated rings. The Labute approximate surface area is 223 Å². The van der Waals surface area contributed by atoms with E-state index in [1.807, 2.05) is 6.92 Å². The number of amides is 2. The van der Waals surface area contributed by atoms with Gasteiger partial charge in [-0.2, -0.15) is 0 Å². The number of nitrogens with one attached hydrogen (secondary N) is 1. The number of aliphatic hydroxyl groups is 1. The van der Waals surface area contributed by atoms with Crippen molar-refractivity contribution >= 4 is 17.7 Å². The molecule has 6 atom stereocenters. The van der Waals surface area contributed by atoms with Crippen molar-refractivity contribution in [1.82, 2.24) is 0 Å². The average Bonchev–Trinajstić information content (AvgIpc) is 2.85. The molecule has 0 unspecified atom stereocenters. The number of halogens is 1. The molecule has 2 amide bonds. The van der Waals surface area contributed by atoms with Gasteiger partial charge in [-0.1, -0.05) is 38.2 Å². The number of phenols is 1. The number of nitrogens with two attached hydrogens (primary N) is 1. The van der Waals surface area contributed by atoms with E-state index in [1.165, 1.54) is 26.4 Å². The van der Waals surface area contributed by atoms with Crippen molar-refractivity contribution < 1.29 is 38.4 Å². The summed E-state index contributed by atoms with van der Waals surface area (Å²) in [4.78, 5) is 24.4. The smallest absolute Gasteiger partial charge is 0.405 e. The molecule has 2 rings (SSSR count). The summed E-state index contributed by atoms with van der Waals surface area (Å²) in [5, 5.41) is 24.0. The maximum Gasteiger partial charge on any atom is 0.405 e. The van der Waals surface area contributed by atoms with Crippen molar-refractivity contribution in [1.29, 1.82) is 0 Å². The highest BCUT2D eigenvalue weighted by molar-refractivity contribution is 6.03. The normalized spacial score (nSPS) is 31.3. The summed E-state index contributed by atoms with van der Waals surface area (Å²) < 4.78 is 30.9. The number of aliphatic hydroxyl groups excluding tert-OH is 1. The zero-order valence-corrected chi connectivity index (χ0v) is 22.7. The predicted octanol–water partition coefficient (Wildman–Crippen LogP) is 3.99. The van der Waals surface area contributed by atoms with Crippen LogP contribution >= 0.6 is 0 Å². The van der Waals surface area contributed by atoms with E-state index < -0.39 is 53.9 Å². The van der Waals surface area contributed by atoms with Gasteiger partial charge >= 0.3 is 6.09 Å². The number of anilines is 1. The summed E-state index contributed by atoms with van der Waals surface area (Å²) in [5.74, 6) is -2.34. The van der Waals surface area contributed by atoms with Crippen LogP contribution in [-0.4, -0.2) is 60.8 Å². The van der Waals surface area contributed by atoms with Gasteiger partial charge in [-0.15, -0.1) is 0 Å². The molecule has 1 heterocycles. The third kappa shape index (κ3) is 8.41. The molecular formula is C28H39FN2O7. The number of carbonyl (C=O) groups is 2. The fourth-order valence-electron chi connectivity index (χ4n) is 4.52. The third-order valence-electron chi connectivity index (χ3n) is 6.62. The number of hydrogen-bond donors (Lipinski definition) is 4. The van der Waals surface area contributed by atoms with Gasteiger partial charge in [-0.25, -0.2) is 9.18 Å². The number of aromatic hydroxyl groups is 1. The molecule has 10 heteroatoms. The number of ether oxygens (including phenoxy) is 3. The first-order chi connectivity index (χ1) is 17.9. The summed E-state index contributed by atoms with van der Waals surface area (Å²) in [6.07, 6.45) is 3.03. The van der Waals surface area contributed by atoms with Crippen molar-refractivity contribution in [2.24, 2.45) is 17.6 Å². The Balaban J connectivity index is 2.57. The monoisotopic (exact) mass is 534 g/mol. The number of primary amides is 1. The predicted molar refractivity (Wildman–Crippen MR) is 142 cm³/mol. The molecule has 0 spiro atoms. The van der Waals surface area contributed by atoms with E-state index in [0.29, 0.717) is 23.1 Å². The van der Waals surface area contributed by atoms with Crippen LogP contribution in [0.25, 0.3) is 0 Å². The van der Waals surface area contributed by atoms with Crippen LogP contribution in [0.15, 0.2) is 47.6 Å². The van der Waals surface area contributed by atoms with Gasteiger partial charge in [0.2, 0.25) is 0 Å². The van der Waals surface area contributed by atoms with Crippen LogP contribution in [0.3, 0.4) is 0 Å². The first-order valence-corrected chi connectivity index (χ1v) is 12.4. The molecule has 0 saturated heterocycles. The topological polar surface area (TPSA) is 140 Å². The number of phenolic OH excluding ortho intramolecular Hbond substituents is 1. The molecule has 0 aliphatic carbocycles. The van der Waals surface area contributed by atoms with Crippen LogP contribution in [0.1, 0.15) is 39.7 Å². The highest BCUT2D eigenvalue weighted by Gasteiger charge is 2.29. The van der Waals surface area contributed by atoms with E-state index in [4.69, 9.17) is 19.9 Å². The highest BCUT2D eigenvalue weighted by Crippen LogP contribution is 2.30. The number of rotatable bonds is 3. The lowest BCUT2D eigenvalue weighted by molar-refractivity contribution is -0.112. The van der Waals surface area contributed by atoms with Crippen molar-refractivity contribution in [3.8, 4) is 5.75 Å². The minimum atomic E-state index is -0.989. The zero-order valence-electron chi connectivity index (χ0n) is 22.7. The number of carbonyl (C=O) groups excluding carboxylic acids is 2. The molecule has 0 aromatic heterocycles. The lowest BCUT2D eigenvalue weighted by Crippen LogP contribution is -2.37. The van der Waals surface area contributed by atoms with Crippen LogP contribution in [0, 0.1) is 17.7 Å². The molecule has 2 bridgehead atoms. The second-order valence-corrected chi connectivity index (χ2v) is 9.79. The number of methoxy groups -OCH3 is 2. The maximum atomic E-state index is 14.5. The average molecular weight is 535 g/mol. The third-order valence-corrected chi connectivity index (χ3v) is 6.62. The second-order valence-electron chi connectivity index (χ2n) is 9.79. The van der Waals surface area contributed by atoms with E-state index in [-0.39, 0.29) is 18.0 Å². The van der Waals surface area contributed by atoms with Gasteiger partial charge in [0.25, 0.3) is 5.91 Å². The Hall–Kier alpha value is -3.21. The SMILES string of the molecule is CO[C@H]1/C=C\C=C(/C)C(=O)Nc2cc(F)c(O)c(c2)C[C@@H](C)C[C@H](OC)[C@H](O)[C@@H](C)/C=C(\C)[C@@H]1OC(N)=O. The highest BCUT2D eigenvalue weighted by atomic mass is 19.1. The second kappa shape index (κ2) is 14.1. The summed E-state index contributed by atoms with van der Waals surface area (Å²) in [6.45, 7) is 7.02. The van der Waals surface area contributed by atoms with Crippen LogP contribution < -0.4 is 11.1 Å². The maximum absolute atomic E-state index is 14.5. The fraction of sp³-hybridized carbons (Fsp3) is 0.500. The van der Waals surface area contributed by atoms with Gasteiger partial charge in [0.15, 0.2) is 17.7 Å². The summed E-state index contributed by atoms with van der Waals surface area (Å²) in [5.41, 5.74) is 6.75. The standard InChI is InChI=1S/C28H39FN2O7/c1-15-10-19-13-20(14-21(29)25(19)33)31-27(34)16(2)8-7-9-22(36-5)26(38-28(30)35)18(4)12-17(3)24(32)23(11-15)37-6/h7-9,12-15,17,22-24,26,32-33H,10-11H2,1-6H3,(H2,30,35)(H,31,34)/b9-7-,16-8+,18-12+/t15-,17+,22+,23+,24-,26+/m1/s1. The molecule has 1 aliphatic rings. The molecule has 1 aromatic carbocycles. The Kier molecular flexibility index (Phi) is 11.5. The van der Waals surface area contributed by atoms with Crippen LogP contribution in [0.2, 0.25) is 0 Å². The van der Waals surface area contributed by atoms with E-state index in [9.17, 15) is 24.2 Å². The Morgan fingerprint density at radius 2 is 1.87 bits per heavy atom. The van der Waals surface area contributed by atoms with E-state index in [2.05, 4.69) is 5.32 Å². The molecule has 0 radical (unpaired) electrons. The van der Waals surface area contributed by atoms with Crippen molar-refractivity contribution in [3.63, 3.8) is 0 Å². The molecule has 1 aromatic rings. The molecule has 9 nitrogen and oxygen atoms in total. The van der Waals surface area contributed by atoms with Crippen molar-refractivity contribution in [2.45, 2.75) is 65.0 Å². The number of fused-ring (bicyclic) bond motifs is 2. The number of benzene rings is 1. The lowest BCUT2D eigenvalue weighted by Gasteiger charge is -2.29. The molecular weight excluding hydrogens is 495 g/mol. The van der Waals surface area contributed by atoms with Gasteiger partial charge in [0.1, 0.15) is 6.10 Å². The van der Waals surface area contributed by atoms with E-state index in [0.717, 1.165) is 6.07 Å². The minimum absolute atomic E-state index is 0.125. The Morgan fingerprint density at radius 1 is 1.18 bits per heavy atom. The van der Waals surface area contributed by atoms with Crippen molar-refractivity contribution in [2.75, 3.05) is 19.5 Å². The zero-order chi connectivity index (χ0) is 28.6. The molecule has 5 N–H and O–H groups in total. The molecule has 38 heavy (non-hydrogen) atoms. The summed E-state index contributed by atoms with van der Waals surface area (Å²) in [6, 6.07) is 2.58. The van der Waals surface area contributed by atoms with Gasteiger partial charge in [0, 0.05) is 37.5 Å². The fourth-order valence-corrected chi connectivity index (χ4v) is 4.52. The minimum Gasteiger partial charge on any atom is -0.505 e. The molecule has 0 saturated carbocycles. The van der Waals surface area contributed by atoms with Crippen LogP contribution in [-0.2, 0) is 25.4 Å². The Morgan fingerprint density at radius 3 is 2.47 bits per heavy atom. The first kappa shape index (κ1) is 31.0. The van der Waals surface area contributed by atoms with Gasteiger partial charge < -0.3 is 35.5 Å². The van der Waals surface area contributed by atoms with Gasteiger partial charge in [0.05, 0.1) is 12.2 Å². The lowest BCUT2D eigenvalue weighted by atomic mass is 9.88. The van der Waals surface area contributed by atoms with E-state index in [1.54, 1.807) is 39.0 Å². The van der Waals surface area contributed by atoms with E-state index >= 15 is 0 Å². The molecule has 210 valence electrons. The number of hydrogen-bond acceptors (Lipinski definition) is 7. The Bertz CT molecular complexity index is 1090. The quantitative estimate of drug-likeness (QED) is 0.339. The summed E-state index contributed by atoms with van der Waals surface area (Å²) in [7, 11) is 2.93. The number of allylic oxidation sites excluding steroid dienone is 2. The summed E-state index contributed by atoms with van der Waals surface area (Å²) >= 11 is 0. The first-order valence-electron chi connectivity index (χ1n) is 12.4. The van der Waals surface area contributed by atoms with Crippen LogP contribution in [0.4, 0.5) is 14.9 Å². The van der Waals surface area contributed by atoms with Crippen LogP contribution in [0.5, 0.6) is 5.75 Å². The van der Waals surface area contributed by atoms with Crippen molar-refractivity contribution in [3.05, 3.63) is 59.0 Å². The van der Waals surface area contributed by atoms with Gasteiger partial charge in [-0.05, 0) is 49.8 Å². The largest absolute Gasteiger partial charge is 0.505 e. The molecule has 1 aliphatic heterocycles.